The van der Waals surface area contributed by atoms with Crippen LogP contribution < -0.4 is 11.1 Å². The highest BCUT2D eigenvalue weighted by Crippen LogP contribution is 2.30. The van der Waals surface area contributed by atoms with Crippen molar-refractivity contribution in [2.45, 2.75) is 56.2 Å². The third-order valence-corrected chi connectivity index (χ3v) is 3.77. The number of carbonyl (C=O) groups excluding carboxylic acids is 1. The molecule has 0 saturated heterocycles. The first kappa shape index (κ1) is 10.9. The van der Waals surface area contributed by atoms with Crippen molar-refractivity contribution in [1.82, 2.24) is 5.32 Å². The van der Waals surface area contributed by atoms with Crippen LogP contribution >= 0.6 is 0 Å². The second-order valence-corrected chi connectivity index (χ2v) is 4.79. The van der Waals surface area contributed by atoms with E-state index < -0.39 is 5.54 Å². The molecular weight excluding hydrogens is 192 g/mol. The van der Waals surface area contributed by atoms with Crippen LogP contribution in [-0.4, -0.2) is 30.7 Å². The number of ether oxygens (including phenoxy) is 1. The monoisotopic (exact) mass is 212 g/mol. The van der Waals surface area contributed by atoms with Crippen LogP contribution in [0.3, 0.4) is 0 Å². The Morgan fingerprint density at radius 1 is 1.40 bits per heavy atom. The first-order valence-corrected chi connectivity index (χ1v) is 5.78. The van der Waals surface area contributed by atoms with Gasteiger partial charge in [0, 0.05) is 7.11 Å². The molecule has 0 radical (unpaired) electrons. The van der Waals surface area contributed by atoms with Gasteiger partial charge in [-0.25, -0.2) is 0 Å². The van der Waals surface area contributed by atoms with E-state index in [1.54, 1.807) is 7.11 Å². The molecule has 2 aliphatic carbocycles. The average molecular weight is 212 g/mol. The Kier molecular flexibility index (Phi) is 2.98. The topological polar surface area (TPSA) is 64.3 Å². The lowest BCUT2D eigenvalue weighted by molar-refractivity contribution is -0.130. The number of hydrogen-bond donors (Lipinski definition) is 2. The molecule has 0 aromatic rings. The van der Waals surface area contributed by atoms with E-state index in [0.29, 0.717) is 0 Å². The Hall–Kier alpha value is -0.610. The van der Waals surface area contributed by atoms with Crippen LogP contribution in [0.4, 0.5) is 0 Å². The average Bonchev–Trinajstić information content (AvgIpc) is 2.61. The predicted octanol–water partition coefficient (Wildman–Crippen LogP) is 0.551. The molecule has 86 valence electrons. The van der Waals surface area contributed by atoms with Gasteiger partial charge in [0.05, 0.1) is 17.7 Å². The van der Waals surface area contributed by atoms with Gasteiger partial charge in [-0.3, -0.25) is 4.79 Å². The van der Waals surface area contributed by atoms with Gasteiger partial charge in [-0.1, -0.05) is 0 Å². The Bertz CT molecular complexity index is 251. The maximum Gasteiger partial charge on any atom is 0.240 e. The molecule has 3 N–H and O–H groups in total. The summed E-state index contributed by atoms with van der Waals surface area (Å²) in [6.45, 7) is 0. The van der Waals surface area contributed by atoms with Crippen molar-refractivity contribution in [3.63, 3.8) is 0 Å². The maximum atomic E-state index is 11.9. The highest BCUT2D eigenvalue weighted by molar-refractivity contribution is 5.87. The Morgan fingerprint density at radius 2 is 2.13 bits per heavy atom. The highest BCUT2D eigenvalue weighted by Gasteiger charge is 2.42. The van der Waals surface area contributed by atoms with Gasteiger partial charge in [-0.2, -0.15) is 0 Å². The molecule has 0 aliphatic heterocycles. The van der Waals surface area contributed by atoms with Crippen LogP contribution in [0.15, 0.2) is 0 Å². The number of nitrogens with two attached hydrogens (primary N) is 1. The van der Waals surface area contributed by atoms with E-state index >= 15 is 0 Å². The zero-order valence-corrected chi connectivity index (χ0v) is 9.29. The Morgan fingerprint density at radius 3 is 2.67 bits per heavy atom. The summed E-state index contributed by atoms with van der Waals surface area (Å²) < 4.78 is 5.33. The summed E-state index contributed by atoms with van der Waals surface area (Å²) in [4.78, 5) is 11.9. The molecule has 4 heteroatoms. The van der Waals surface area contributed by atoms with Gasteiger partial charge in [-0.05, 0) is 38.5 Å². The molecule has 4 nitrogen and oxygen atoms in total. The van der Waals surface area contributed by atoms with Crippen molar-refractivity contribution in [3.05, 3.63) is 0 Å². The Labute approximate surface area is 90.5 Å². The summed E-state index contributed by atoms with van der Waals surface area (Å²) in [6.07, 6.45) is 6.08. The largest absolute Gasteiger partial charge is 0.379 e. The number of nitrogens with one attached hydrogen (secondary N) is 1. The minimum Gasteiger partial charge on any atom is -0.379 e. The molecule has 2 saturated carbocycles. The Balaban J connectivity index is 1.88. The van der Waals surface area contributed by atoms with Gasteiger partial charge in [0.2, 0.25) is 5.91 Å². The third-order valence-electron chi connectivity index (χ3n) is 3.77. The number of carbonyl (C=O) groups is 1. The molecule has 0 heterocycles. The van der Waals surface area contributed by atoms with E-state index in [-0.39, 0.29) is 18.1 Å². The summed E-state index contributed by atoms with van der Waals surface area (Å²) in [5.41, 5.74) is 5.38. The van der Waals surface area contributed by atoms with Crippen molar-refractivity contribution in [2.75, 3.05) is 7.11 Å². The van der Waals surface area contributed by atoms with Crippen LogP contribution in [0.1, 0.15) is 38.5 Å². The zero-order valence-electron chi connectivity index (χ0n) is 9.29. The second kappa shape index (κ2) is 4.10. The van der Waals surface area contributed by atoms with E-state index in [2.05, 4.69) is 5.32 Å². The molecule has 0 bridgehead atoms. The standard InChI is InChI=1S/C11H20N2O2/c1-15-9-5-2-4-8(9)13-10(14)11(12)6-3-7-11/h8-9H,2-7,12H2,1H3,(H,13,14). The molecule has 0 spiro atoms. The van der Waals surface area contributed by atoms with E-state index in [0.717, 1.165) is 38.5 Å². The summed E-state index contributed by atoms with van der Waals surface area (Å²) >= 11 is 0. The quantitative estimate of drug-likeness (QED) is 0.718. The van der Waals surface area contributed by atoms with Crippen LogP contribution in [0.2, 0.25) is 0 Å². The minimum atomic E-state index is -0.582. The summed E-state index contributed by atoms with van der Waals surface area (Å²) in [6, 6.07) is 0.170. The number of rotatable bonds is 3. The van der Waals surface area contributed by atoms with Gasteiger partial charge in [0.15, 0.2) is 0 Å². The predicted molar refractivity (Wildman–Crippen MR) is 57.3 cm³/mol. The maximum absolute atomic E-state index is 11.9. The number of methoxy groups -OCH3 is 1. The van der Waals surface area contributed by atoms with E-state index in [1.165, 1.54) is 0 Å². The lowest BCUT2D eigenvalue weighted by Gasteiger charge is -2.37. The highest BCUT2D eigenvalue weighted by atomic mass is 16.5. The van der Waals surface area contributed by atoms with Crippen molar-refractivity contribution >= 4 is 5.91 Å². The fraction of sp³-hybridized carbons (Fsp3) is 0.909. The lowest BCUT2D eigenvalue weighted by Crippen LogP contribution is -2.61. The molecule has 0 aromatic heterocycles. The fourth-order valence-corrected chi connectivity index (χ4v) is 2.47. The number of hydrogen-bond acceptors (Lipinski definition) is 3. The minimum absolute atomic E-state index is 0.0164. The molecule has 2 unspecified atom stereocenters. The second-order valence-electron chi connectivity index (χ2n) is 4.79. The molecule has 15 heavy (non-hydrogen) atoms. The van der Waals surface area contributed by atoms with Crippen molar-refractivity contribution < 1.29 is 9.53 Å². The van der Waals surface area contributed by atoms with Gasteiger partial charge in [-0.15, -0.1) is 0 Å². The third kappa shape index (κ3) is 2.01. The van der Waals surface area contributed by atoms with E-state index in [1.807, 2.05) is 0 Å². The smallest absolute Gasteiger partial charge is 0.240 e. The molecule has 2 atom stereocenters. The molecule has 2 aliphatic rings. The normalized spacial score (nSPS) is 33.5. The molecular formula is C11H20N2O2. The van der Waals surface area contributed by atoms with Crippen LogP contribution in [0, 0.1) is 0 Å². The van der Waals surface area contributed by atoms with E-state index in [9.17, 15) is 4.79 Å². The molecule has 1 amide bonds. The first-order chi connectivity index (χ1) is 7.15. The zero-order chi connectivity index (χ0) is 10.9. The van der Waals surface area contributed by atoms with Gasteiger partial charge in [0.25, 0.3) is 0 Å². The van der Waals surface area contributed by atoms with Crippen molar-refractivity contribution in [1.29, 1.82) is 0 Å². The summed E-state index contributed by atoms with van der Waals surface area (Å²) in [5.74, 6) is 0.0164. The van der Waals surface area contributed by atoms with Gasteiger partial charge < -0.3 is 15.8 Å². The lowest BCUT2D eigenvalue weighted by atomic mass is 9.77. The first-order valence-electron chi connectivity index (χ1n) is 5.78. The number of amides is 1. The van der Waals surface area contributed by atoms with E-state index in [4.69, 9.17) is 10.5 Å². The molecule has 0 aromatic carbocycles. The molecule has 2 fully saturated rings. The fourth-order valence-electron chi connectivity index (χ4n) is 2.47. The van der Waals surface area contributed by atoms with Crippen molar-refractivity contribution in [2.24, 2.45) is 5.73 Å². The van der Waals surface area contributed by atoms with Gasteiger partial charge in [0.1, 0.15) is 0 Å². The van der Waals surface area contributed by atoms with Crippen LogP contribution in [0.25, 0.3) is 0 Å². The van der Waals surface area contributed by atoms with Crippen molar-refractivity contribution in [3.8, 4) is 0 Å². The van der Waals surface area contributed by atoms with Crippen LogP contribution in [0.5, 0.6) is 0 Å². The van der Waals surface area contributed by atoms with Crippen LogP contribution in [-0.2, 0) is 9.53 Å². The SMILES string of the molecule is COC1CCCC1NC(=O)C1(N)CCC1. The summed E-state index contributed by atoms with van der Waals surface area (Å²) in [7, 11) is 1.71. The summed E-state index contributed by atoms with van der Waals surface area (Å²) in [5, 5.41) is 3.03. The van der Waals surface area contributed by atoms with Gasteiger partial charge >= 0.3 is 0 Å². The molecule has 2 rings (SSSR count).